The molecule has 0 amide bonds. The lowest BCUT2D eigenvalue weighted by Crippen LogP contribution is -2.48. The van der Waals surface area contributed by atoms with Gasteiger partial charge in [-0.05, 0) is 25.8 Å². The summed E-state index contributed by atoms with van der Waals surface area (Å²) in [5.74, 6) is -0.917. The van der Waals surface area contributed by atoms with Crippen LogP contribution in [0.1, 0.15) is 19.8 Å². The third kappa shape index (κ3) is 2.23. The fourth-order valence-corrected chi connectivity index (χ4v) is 2.68. The fraction of sp³-hybridized carbons (Fsp3) is 0.417. The lowest BCUT2D eigenvalue weighted by molar-refractivity contribution is -0.384. The molecule has 1 aliphatic rings. The normalized spacial score (nSPS) is 22.5. The summed E-state index contributed by atoms with van der Waals surface area (Å²) in [7, 11) is 0. The number of nitro groups is 1. The van der Waals surface area contributed by atoms with Crippen LogP contribution < -0.4 is 4.90 Å². The van der Waals surface area contributed by atoms with Gasteiger partial charge in [-0.25, -0.2) is 4.79 Å². The predicted octanol–water partition coefficient (Wildman–Crippen LogP) is 2.69. The maximum Gasteiger partial charge on any atom is 0.329 e. The van der Waals surface area contributed by atoms with Crippen LogP contribution in [0, 0.1) is 10.1 Å². The van der Waals surface area contributed by atoms with Gasteiger partial charge in [-0.2, -0.15) is 0 Å². The highest BCUT2D eigenvalue weighted by Crippen LogP contribution is 2.39. The number of non-ortho nitro benzene ring substituents is 1. The van der Waals surface area contributed by atoms with E-state index >= 15 is 0 Å². The maximum absolute atomic E-state index is 11.4. The molecule has 7 heteroatoms. The highest BCUT2D eigenvalue weighted by Gasteiger charge is 2.44. The first-order valence-electron chi connectivity index (χ1n) is 5.81. The third-order valence-electron chi connectivity index (χ3n) is 3.53. The van der Waals surface area contributed by atoms with Crippen LogP contribution in [0.15, 0.2) is 18.2 Å². The van der Waals surface area contributed by atoms with Crippen molar-refractivity contribution in [3.63, 3.8) is 0 Å². The summed E-state index contributed by atoms with van der Waals surface area (Å²) in [6.45, 7) is 2.21. The van der Waals surface area contributed by atoms with E-state index in [0.29, 0.717) is 18.7 Å². The molecule has 19 heavy (non-hydrogen) atoms. The molecule has 1 unspecified atom stereocenters. The van der Waals surface area contributed by atoms with Crippen molar-refractivity contribution in [3.05, 3.63) is 33.3 Å². The van der Waals surface area contributed by atoms with Gasteiger partial charge in [0, 0.05) is 18.7 Å². The van der Waals surface area contributed by atoms with Gasteiger partial charge < -0.3 is 10.0 Å². The van der Waals surface area contributed by atoms with E-state index in [0.717, 1.165) is 6.42 Å². The molecule has 6 nitrogen and oxygen atoms in total. The molecule has 0 bridgehead atoms. The molecule has 1 N–H and O–H groups in total. The number of halogens is 1. The van der Waals surface area contributed by atoms with Crippen LogP contribution in [-0.4, -0.2) is 28.1 Å². The Hall–Kier alpha value is -1.82. The summed E-state index contributed by atoms with van der Waals surface area (Å²) in [4.78, 5) is 23.2. The number of carboxylic acids is 1. The minimum atomic E-state index is -1.01. The minimum Gasteiger partial charge on any atom is -0.480 e. The van der Waals surface area contributed by atoms with Crippen molar-refractivity contribution >= 4 is 28.9 Å². The molecule has 1 heterocycles. The number of benzene rings is 1. The van der Waals surface area contributed by atoms with Crippen molar-refractivity contribution in [2.24, 2.45) is 0 Å². The van der Waals surface area contributed by atoms with Gasteiger partial charge in [0.05, 0.1) is 15.6 Å². The second-order valence-corrected chi connectivity index (χ2v) is 5.13. The van der Waals surface area contributed by atoms with E-state index < -0.39 is 16.4 Å². The van der Waals surface area contributed by atoms with Crippen molar-refractivity contribution < 1.29 is 14.8 Å². The molecule has 1 aliphatic heterocycles. The standard InChI is InChI=1S/C12H13ClN2O4/c1-12(11(16)17)5-2-6-14(12)10-4-3-8(15(18)19)7-9(10)13/h3-4,7H,2,5-6H2,1H3,(H,16,17). The van der Waals surface area contributed by atoms with Crippen LogP contribution in [0.2, 0.25) is 5.02 Å². The first kappa shape index (κ1) is 13.6. The molecule has 1 saturated heterocycles. The number of carboxylic acid groups (broad SMARTS) is 1. The molecule has 1 fully saturated rings. The zero-order valence-electron chi connectivity index (χ0n) is 10.3. The summed E-state index contributed by atoms with van der Waals surface area (Å²) in [5.41, 5.74) is -0.598. The summed E-state index contributed by atoms with van der Waals surface area (Å²) < 4.78 is 0. The van der Waals surface area contributed by atoms with E-state index in [9.17, 15) is 20.0 Å². The zero-order valence-corrected chi connectivity index (χ0v) is 11.1. The predicted molar refractivity (Wildman–Crippen MR) is 70.7 cm³/mol. The van der Waals surface area contributed by atoms with Crippen molar-refractivity contribution in [1.29, 1.82) is 0 Å². The van der Waals surface area contributed by atoms with E-state index in [-0.39, 0.29) is 10.7 Å². The van der Waals surface area contributed by atoms with Gasteiger partial charge >= 0.3 is 5.97 Å². The average molecular weight is 285 g/mol. The van der Waals surface area contributed by atoms with Crippen LogP contribution in [-0.2, 0) is 4.79 Å². The Labute approximate surface area is 114 Å². The Bertz CT molecular complexity index is 549. The van der Waals surface area contributed by atoms with E-state index in [1.165, 1.54) is 18.2 Å². The van der Waals surface area contributed by atoms with Crippen LogP contribution in [0.25, 0.3) is 0 Å². The van der Waals surface area contributed by atoms with Crippen molar-refractivity contribution in [1.82, 2.24) is 0 Å². The first-order valence-corrected chi connectivity index (χ1v) is 6.19. The Kier molecular flexibility index (Phi) is 3.36. The number of carbonyl (C=O) groups is 1. The summed E-state index contributed by atoms with van der Waals surface area (Å²) in [5, 5.41) is 20.2. The molecular formula is C12H13ClN2O4. The molecule has 0 aliphatic carbocycles. The number of anilines is 1. The van der Waals surface area contributed by atoms with Crippen LogP contribution in [0.4, 0.5) is 11.4 Å². The molecule has 102 valence electrons. The Morgan fingerprint density at radius 3 is 2.79 bits per heavy atom. The third-order valence-corrected chi connectivity index (χ3v) is 3.84. The van der Waals surface area contributed by atoms with Gasteiger partial charge in [-0.3, -0.25) is 10.1 Å². The topological polar surface area (TPSA) is 83.7 Å². The van der Waals surface area contributed by atoms with Crippen LogP contribution in [0.3, 0.4) is 0 Å². The molecule has 1 atom stereocenters. The summed E-state index contributed by atoms with van der Waals surface area (Å²) in [6, 6.07) is 4.09. The largest absolute Gasteiger partial charge is 0.480 e. The van der Waals surface area contributed by atoms with Crippen molar-refractivity contribution in [2.45, 2.75) is 25.3 Å². The lowest BCUT2D eigenvalue weighted by Gasteiger charge is -2.33. The quantitative estimate of drug-likeness (QED) is 0.681. The molecular weight excluding hydrogens is 272 g/mol. The number of aliphatic carboxylic acids is 1. The SMILES string of the molecule is CC1(C(=O)O)CCCN1c1ccc([N+](=O)[O-])cc1Cl. The second-order valence-electron chi connectivity index (χ2n) is 4.73. The molecule has 1 aromatic carbocycles. The number of rotatable bonds is 3. The minimum absolute atomic E-state index is 0.107. The molecule has 1 aromatic rings. The number of nitro benzene ring substituents is 1. The first-order chi connectivity index (χ1) is 8.86. The Morgan fingerprint density at radius 2 is 2.26 bits per heavy atom. The van der Waals surface area contributed by atoms with Gasteiger partial charge in [0.15, 0.2) is 0 Å². The van der Waals surface area contributed by atoms with E-state index in [1.54, 1.807) is 11.8 Å². The smallest absolute Gasteiger partial charge is 0.329 e. The van der Waals surface area contributed by atoms with Gasteiger partial charge in [0.2, 0.25) is 0 Å². The van der Waals surface area contributed by atoms with Crippen LogP contribution >= 0.6 is 11.6 Å². The van der Waals surface area contributed by atoms with Crippen molar-refractivity contribution in [2.75, 3.05) is 11.4 Å². The second kappa shape index (κ2) is 4.70. The summed E-state index contributed by atoms with van der Waals surface area (Å²) in [6.07, 6.45) is 1.27. The number of hydrogen-bond donors (Lipinski definition) is 1. The average Bonchev–Trinajstić information content (AvgIpc) is 2.72. The van der Waals surface area contributed by atoms with E-state index in [4.69, 9.17) is 11.6 Å². The molecule has 0 radical (unpaired) electrons. The monoisotopic (exact) mass is 284 g/mol. The van der Waals surface area contributed by atoms with Crippen LogP contribution in [0.5, 0.6) is 0 Å². The van der Waals surface area contributed by atoms with Gasteiger partial charge in [0.1, 0.15) is 5.54 Å². The molecule has 0 saturated carbocycles. The summed E-state index contributed by atoms with van der Waals surface area (Å²) >= 11 is 6.05. The van der Waals surface area contributed by atoms with Gasteiger partial charge in [-0.15, -0.1) is 0 Å². The number of hydrogen-bond acceptors (Lipinski definition) is 4. The zero-order chi connectivity index (χ0) is 14.2. The Morgan fingerprint density at radius 1 is 1.58 bits per heavy atom. The highest BCUT2D eigenvalue weighted by molar-refractivity contribution is 6.33. The molecule has 2 rings (SSSR count). The maximum atomic E-state index is 11.4. The van der Waals surface area contributed by atoms with E-state index in [1.807, 2.05) is 0 Å². The highest BCUT2D eigenvalue weighted by atomic mass is 35.5. The van der Waals surface area contributed by atoms with Gasteiger partial charge in [-0.1, -0.05) is 11.6 Å². The lowest BCUT2D eigenvalue weighted by atomic mass is 9.99. The van der Waals surface area contributed by atoms with Crippen molar-refractivity contribution in [3.8, 4) is 0 Å². The number of nitrogens with zero attached hydrogens (tertiary/aromatic N) is 2. The van der Waals surface area contributed by atoms with Gasteiger partial charge in [0.25, 0.3) is 5.69 Å². The molecule has 0 aromatic heterocycles. The van der Waals surface area contributed by atoms with E-state index in [2.05, 4.69) is 0 Å². The Balaban J connectivity index is 2.42. The fourth-order valence-electron chi connectivity index (χ4n) is 2.40. The molecule has 0 spiro atoms.